The molecule has 1 aromatic rings. The van der Waals surface area contributed by atoms with E-state index in [1.165, 1.54) is 17.1 Å². The molecule has 9 heteroatoms. The van der Waals surface area contributed by atoms with E-state index < -0.39 is 10.2 Å². The Kier molecular flexibility index (Phi) is 5.24. The third-order valence-corrected chi connectivity index (χ3v) is 7.01. The largest absolute Gasteiger partial charge is 0.317 e. The van der Waals surface area contributed by atoms with Crippen LogP contribution in [0.3, 0.4) is 0 Å². The maximum atomic E-state index is 12.4. The van der Waals surface area contributed by atoms with Gasteiger partial charge in [-0.05, 0) is 38.8 Å². The summed E-state index contributed by atoms with van der Waals surface area (Å²) in [5.41, 5.74) is 0. The van der Waals surface area contributed by atoms with Crippen LogP contribution in [0.25, 0.3) is 0 Å². The lowest BCUT2D eigenvalue weighted by molar-refractivity contribution is 0.288. The van der Waals surface area contributed by atoms with Crippen LogP contribution in [0, 0.1) is 0 Å². The molecule has 0 bridgehead atoms. The molecule has 3 rings (SSSR count). The average molecular weight is 356 g/mol. The van der Waals surface area contributed by atoms with E-state index in [1.54, 1.807) is 18.4 Å². The normalized spacial score (nSPS) is 24.1. The van der Waals surface area contributed by atoms with Crippen molar-refractivity contribution in [1.29, 1.82) is 0 Å². The Morgan fingerprint density at radius 2 is 1.83 bits per heavy atom. The van der Waals surface area contributed by atoms with Gasteiger partial charge in [-0.1, -0.05) is 0 Å². The molecule has 24 heavy (non-hydrogen) atoms. The number of hydrogen-bond donors (Lipinski definition) is 0. The fourth-order valence-electron chi connectivity index (χ4n) is 3.60. The molecule has 8 nitrogen and oxygen atoms in total. The number of aromatic nitrogens is 3. The van der Waals surface area contributed by atoms with Gasteiger partial charge in [-0.15, -0.1) is 10.2 Å². The molecular weight excluding hydrogens is 328 g/mol. The second-order valence-electron chi connectivity index (χ2n) is 7.00. The van der Waals surface area contributed by atoms with Gasteiger partial charge in [0.2, 0.25) is 0 Å². The zero-order chi connectivity index (χ0) is 17.3. The number of likely N-dealkylation sites (tertiary alicyclic amines) is 1. The lowest BCUT2D eigenvalue weighted by Crippen LogP contribution is -2.45. The van der Waals surface area contributed by atoms with Crippen LogP contribution in [0.15, 0.2) is 0 Å². The van der Waals surface area contributed by atoms with Gasteiger partial charge in [-0.3, -0.25) is 4.90 Å². The molecule has 1 aromatic heterocycles. The van der Waals surface area contributed by atoms with Crippen LogP contribution >= 0.6 is 0 Å². The highest BCUT2D eigenvalue weighted by molar-refractivity contribution is 7.86. The van der Waals surface area contributed by atoms with Gasteiger partial charge in [0.15, 0.2) is 0 Å². The summed E-state index contributed by atoms with van der Waals surface area (Å²) in [5.74, 6) is 1.99. The first-order valence-corrected chi connectivity index (χ1v) is 10.1. The molecule has 2 fully saturated rings. The van der Waals surface area contributed by atoms with Gasteiger partial charge in [0.1, 0.15) is 11.6 Å². The summed E-state index contributed by atoms with van der Waals surface area (Å²) in [6.07, 6.45) is 4.32. The quantitative estimate of drug-likeness (QED) is 0.763. The number of nitrogens with zero attached hydrogens (tertiary/aromatic N) is 6. The van der Waals surface area contributed by atoms with E-state index in [4.69, 9.17) is 0 Å². The molecule has 2 aliphatic heterocycles. The summed E-state index contributed by atoms with van der Waals surface area (Å²) >= 11 is 0. The van der Waals surface area contributed by atoms with Gasteiger partial charge in [0.25, 0.3) is 10.2 Å². The van der Waals surface area contributed by atoms with Crippen LogP contribution in [-0.4, -0.2) is 77.0 Å². The number of piperidine rings is 1. The maximum Gasteiger partial charge on any atom is 0.281 e. The van der Waals surface area contributed by atoms with Crippen molar-refractivity contribution < 1.29 is 8.42 Å². The third kappa shape index (κ3) is 3.49. The van der Waals surface area contributed by atoms with Crippen molar-refractivity contribution in [1.82, 2.24) is 28.3 Å². The Bertz CT molecular complexity index is 666. The first-order chi connectivity index (χ1) is 11.4. The monoisotopic (exact) mass is 356 g/mol. The van der Waals surface area contributed by atoms with Gasteiger partial charge in [-0.2, -0.15) is 17.0 Å². The summed E-state index contributed by atoms with van der Waals surface area (Å²) in [5, 5.41) is 8.76. The summed E-state index contributed by atoms with van der Waals surface area (Å²) in [6, 6.07) is 0. The molecule has 1 atom stereocenters. The van der Waals surface area contributed by atoms with E-state index in [-0.39, 0.29) is 5.92 Å². The van der Waals surface area contributed by atoms with Crippen molar-refractivity contribution >= 4 is 10.2 Å². The Balaban J connectivity index is 1.73. The fourth-order valence-corrected chi connectivity index (χ4v) is 4.79. The van der Waals surface area contributed by atoms with Crippen LogP contribution < -0.4 is 0 Å². The molecule has 0 aromatic carbocycles. The standard InChI is InChI=1S/C15H28N6O2S/c1-18(2)24(22,23)21-10-6-7-13(11-21)15-17-16-14(19(15)3)12-20-8-4-5-9-20/h13H,4-12H2,1-3H3/t13-/m0/s1. The first kappa shape index (κ1) is 17.8. The maximum absolute atomic E-state index is 12.4. The van der Waals surface area contributed by atoms with Crippen LogP contribution in [0.1, 0.15) is 43.3 Å². The molecule has 0 unspecified atom stereocenters. The van der Waals surface area contributed by atoms with Gasteiger partial charge in [0.05, 0.1) is 6.54 Å². The summed E-state index contributed by atoms with van der Waals surface area (Å²) in [6.45, 7) is 4.14. The molecule has 0 saturated carbocycles. The zero-order valence-electron chi connectivity index (χ0n) is 14.8. The van der Waals surface area contributed by atoms with Crippen LogP contribution in [0.4, 0.5) is 0 Å². The van der Waals surface area contributed by atoms with Gasteiger partial charge in [0, 0.05) is 40.2 Å². The average Bonchev–Trinajstić information content (AvgIpc) is 3.19. The smallest absolute Gasteiger partial charge is 0.281 e. The van der Waals surface area contributed by atoms with E-state index in [2.05, 4.69) is 19.7 Å². The van der Waals surface area contributed by atoms with Crippen molar-refractivity contribution in [2.24, 2.45) is 7.05 Å². The summed E-state index contributed by atoms with van der Waals surface area (Å²) < 4.78 is 29.7. The molecule has 2 aliphatic rings. The van der Waals surface area contributed by atoms with Crippen molar-refractivity contribution in [2.45, 2.75) is 38.1 Å². The van der Waals surface area contributed by atoms with Crippen molar-refractivity contribution in [3.8, 4) is 0 Å². The van der Waals surface area contributed by atoms with E-state index in [0.717, 1.165) is 44.1 Å². The highest BCUT2D eigenvalue weighted by atomic mass is 32.2. The summed E-state index contributed by atoms with van der Waals surface area (Å²) in [4.78, 5) is 2.40. The van der Waals surface area contributed by atoms with E-state index in [9.17, 15) is 8.42 Å². The molecule has 0 N–H and O–H groups in total. The molecule has 0 radical (unpaired) electrons. The molecule has 3 heterocycles. The van der Waals surface area contributed by atoms with Crippen molar-refractivity contribution in [3.63, 3.8) is 0 Å². The lowest BCUT2D eigenvalue weighted by Gasteiger charge is -2.33. The number of rotatable bonds is 5. The van der Waals surface area contributed by atoms with E-state index in [0.29, 0.717) is 13.1 Å². The minimum atomic E-state index is -3.36. The van der Waals surface area contributed by atoms with Gasteiger partial charge < -0.3 is 4.57 Å². The van der Waals surface area contributed by atoms with Crippen LogP contribution in [-0.2, 0) is 23.8 Å². The van der Waals surface area contributed by atoms with Crippen LogP contribution in [0.2, 0.25) is 0 Å². The SMILES string of the molecule is CN(C)S(=O)(=O)N1CCC[C@H](c2nnc(CN3CCCC3)n2C)C1. The zero-order valence-corrected chi connectivity index (χ0v) is 15.7. The van der Waals surface area contributed by atoms with Crippen LogP contribution in [0.5, 0.6) is 0 Å². The molecule has 0 aliphatic carbocycles. The highest BCUT2D eigenvalue weighted by Gasteiger charge is 2.33. The Morgan fingerprint density at radius 1 is 1.12 bits per heavy atom. The Labute approximate surface area is 144 Å². The second kappa shape index (κ2) is 7.07. The third-order valence-electron chi connectivity index (χ3n) is 5.10. The molecule has 0 amide bonds. The first-order valence-electron chi connectivity index (χ1n) is 8.67. The highest BCUT2D eigenvalue weighted by Crippen LogP contribution is 2.28. The Morgan fingerprint density at radius 3 is 2.50 bits per heavy atom. The molecule has 0 spiro atoms. The molecule has 136 valence electrons. The topological polar surface area (TPSA) is 74.6 Å². The van der Waals surface area contributed by atoms with Crippen molar-refractivity contribution in [3.05, 3.63) is 11.6 Å². The minimum Gasteiger partial charge on any atom is -0.317 e. The second-order valence-corrected chi connectivity index (χ2v) is 9.15. The predicted octanol–water partition coefficient (Wildman–Crippen LogP) is 0.397. The predicted molar refractivity (Wildman–Crippen MR) is 91.7 cm³/mol. The van der Waals surface area contributed by atoms with Crippen molar-refractivity contribution in [2.75, 3.05) is 40.3 Å². The summed E-state index contributed by atoms with van der Waals surface area (Å²) in [7, 11) is 1.79. The molecular formula is C15H28N6O2S. The number of hydrogen-bond acceptors (Lipinski definition) is 5. The Hall–Kier alpha value is -1.03. The molecule has 2 saturated heterocycles. The van der Waals surface area contributed by atoms with Gasteiger partial charge >= 0.3 is 0 Å². The minimum absolute atomic E-state index is 0.110. The fraction of sp³-hybridized carbons (Fsp3) is 0.867. The van der Waals surface area contributed by atoms with E-state index >= 15 is 0 Å². The lowest BCUT2D eigenvalue weighted by atomic mass is 9.99. The van der Waals surface area contributed by atoms with Gasteiger partial charge in [-0.25, -0.2) is 0 Å². The van der Waals surface area contributed by atoms with E-state index in [1.807, 2.05) is 7.05 Å².